The Morgan fingerprint density at radius 1 is 1.17 bits per heavy atom. The molecule has 36 heavy (non-hydrogen) atoms. The summed E-state index contributed by atoms with van der Waals surface area (Å²) in [7, 11) is 3.83. The first kappa shape index (κ1) is 23.9. The highest BCUT2D eigenvalue weighted by Crippen LogP contribution is 2.43. The molecular formula is C28H30FN5O2. The molecule has 1 amide bonds. The van der Waals surface area contributed by atoms with Crippen LogP contribution >= 0.6 is 0 Å². The first-order chi connectivity index (χ1) is 17.2. The fourth-order valence-electron chi connectivity index (χ4n) is 4.61. The fraction of sp³-hybridized carbons (Fsp3) is 0.321. The van der Waals surface area contributed by atoms with Crippen LogP contribution in [-0.4, -0.2) is 46.0 Å². The summed E-state index contributed by atoms with van der Waals surface area (Å²) in [5.74, 6) is -0.539. The highest BCUT2D eigenvalue weighted by atomic mass is 19.1. The lowest BCUT2D eigenvalue weighted by Gasteiger charge is -2.22. The number of fused-ring (bicyclic) bond motifs is 1. The van der Waals surface area contributed by atoms with Crippen molar-refractivity contribution in [1.82, 2.24) is 24.8 Å². The van der Waals surface area contributed by atoms with Gasteiger partial charge in [0.15, 0.2) is 5.69 Å². The third-order valence-electron chi connectivity index (χ3n) is 6.81. The topological polar surface area (TPSA) is 82.5 Å². The normalized spacial score (nSPS) is 14.4. The van der Waals surface area contributed by atoms with E-state index in [2.05, 4.69) is 15.4 Å². The number of benzene rings is 2. The number of aromatic nitrogens is 3. The molecule has 186 valence electrons. The highest BCUT2D eigenvalue weighted by Gasteiger charge is 2.35. The van der Waals surface area contributed by atoms with Crippen molar-refractivity contribution in [2.45, 2.75) is 38.6 Å². The largest absolute Gasteiger partial charge is 0.343 e. The lowest BCUT2D eigenvalue weighted by Crippen LogP contribution is -2.35. The summed E-state index contributed by atoms with van der Waals surface area (Å²) in [4.78, 5) is 31.8. The predicted octanol–water partition coefficient (Wildman–Crippen LogP) is 4.36. The second kappa shape index (κ2) is 9.35. The molecule has 2 aromatic carbocycles. The maximum absolute atomic E-state index is 13.6. The number of rotatable bonds is 7. The van der Waals surface area contributed by atoms with Crippen LogP contribution in [0.1, 0.15) is 57.5 Å². The number of carbonyl (C=O) groups is 1. The van der Waals surface area contributed by atoms with Crippen LogP contribution in [0.3, 0.4) is 0 Å². The Kier molecular flexibility index (Phi) is 6.22. The van der Waals surface area contributed by atoms with E-state index in [9.17, 15) is 14.0 Å². The molecule has 7 nitrogen and oxygen atoms in total. The number of hydrogen-bond acceptors (Lipinski definition) is 4. The molecule has 1 saturated carbocycles. The van der Waals surface area contributed by atoms with Gasteiger partial charge in [0.05, 0.1) is 17.9 Å². The number of likely N-dealkylation sites (N-methyl/N-ethyl adjacent to an activating group) is 1. The monoisotopic (exact) mass is 487 g/mol. The van der Waals surface area contributed by atoms with E-state index in [-0.39, 0.29) is 34.9 Å². The van der Waals surface area contributed by atoms with Gasteiger partial charge < -0.3 is 15.2 Å². The summed E-state index contributed by atoms with van der Waals surface area (Å²) in [6, 6.07) is 11.8. The number of aryl methyl sites for hydroxylation is 2. The number of H-pyrrole nitrogens is 1. The molecule has 1 aliphatic rings. The van der Waals surface area contributed by atoms with Crippen LogP contribution < -0.4 is 10.9 Å². The lowest BCUT2D eigenvalue weighted by atomic mass is 10.0. The van der Waals surface area contributed by atoms with Crippen LogP contribution in [0.25, 0.3) is 16.8 Å². The quantitative estimate of drug-likeness (QED) is 0.406. The zero-order valence-corrected chi connectivity index (χ0v) is 20.9. The standard InChI is InChI=1S/C28H30FN5O2/c1-16-5-6-20(13-17(16)2)23-15-34-26(28(36)31-23)24(19-7-8-19)25(32-34)27(35)30-22(14-33(3)4)18-9-11-21(29)12-10-18/h5-6,9-13,15,19,22H,7-8,14H2,1-4H3,(H,30,35)(H,31,36). The maximum Gasteiger partial charge on any atom is 0.274 e. The molecule has 4 aromatic rings. The minimum absolute atomic E-state index is 0.134. The zero-order valence-electron chi connectivity index (χ0n) is 20.9. The second-order valence-corrected chi connectivity index (χ2v) is 9.97. The van der Waals surface area contributed by atoms with E-state index >= 15 is 0 Å². The van der Waals surface area contributed by atoms with Crippen molar-refractivity contribution in [1.29, 1.82) is 0 Å². The van der Waals surface area contributed by atoms with Crippen LogP contribution in [0, 0.1) is 19.7 Å². The van der Waals surface area contributed by atoms with Gasteiger partial charge in [0, 0.05) is 12.1 Å². The van der Waals surface area contributed by atoms with Gasteiger partial charge in [-0.05, 0) is 87.2 Å². The molecular weight excluding hydrogens is 457 g/mol. The zero-order chi connectivity index (χ0) is 25.6. The molecule has 0 radical (unpaired) electrons. The van der Waals surface area contributed by atoms with E-state index in [1.165, 1.54) is 17.7 Å². The Bertz CT molecular complexity index is 1500. The number of nitrogens with zero attached hydrogens (tertiary/aromatic N) is 3. The molecule has 2 heterocycles. The Labute approximate surface area is 209 Å². The van der Waals surface area contributed by atoms with Crippen LogP contribution in [0.4, 0.5) is 4.39 Å². The molecule has 1 fully saturated rings. The third-order valence-corrected chi connectivity index (χ3v) is 6.81. The Hall–Kier alpha value is -3.78. The Morgan fingerprint density at radius 2 is 1.89 bits per heavy atom. The fourth-order valence-corrected chi connectivity index (χ4v) is 4.61. The van der Waals surface area contributed by atoms with Gasteiger partial charge in [0.25, 0.3) is 11.5 Å². The molecule has 0 aliphatic heterocycles. The third kappa shape index (κ3) is 4.68. The summed E-state index contributed by atoms with van der Waals surface area (Å²) in [5.41, 5.74) is 5.74. The van der Waals surface area contributed by atoms with E-state index in [0.717, 1.165) is 29.5 Å². The van der Waals surface area contributed by atoms with Gasteiger partial charge in [-0.2, -0.15) is 5.10 Å². The average molecular weight is 488 g/mol. The Balaban J connectivity index is 1.55. The number of amides is 1. The van der Waals surface area contributed by atoms with Gasteiger partial charge >= 0.3 is 0 Å². The molecule has 2 aromatic heterocycles. The van der Waals surface area contributed by atoms with E-state index in [4.69, 9.17) is 0 Å². The van der Waals surface area contributed by atoms with Crippen LogP contribution in [0.2, 0.25) is 0 Å². The van der Waals surface area contributed by atoms with Crippen LogP contribution in [-0.2, 0) is 0 Å². The van der Waals surface area contributed by atoms with Crippen molar-refractivity contribution in [2.24, 2.45) is 0 Å². The van der Waals surface area contributed by atoms with E-state index < -0.39 is 0 Å². The molecule has 0 bridgehead atoms. The molecule has 0 saturated heterocycles. The SMILES string of the molecule is Cc1ccc(-c2cn3nc(C(=O)NC(CN(C)C)c4ccc(F)cc4)c(C4CC4)c3c(=O)[nH]2)cc1C. The second-order valence-electron chi connectivity index (χ2n) is 9.97. The Morgan fingerprint density at radius 3 is 2.53 bits per heavy atom. The smallest absolute Gasteiger partial charge is 0.274 e. The number of nitrogens with one attached hydrogen (secondary N) is 2. The minimum atomic E-state index is -0.366. The van der Waals surface area contributed by atoms with Crippen molar-refractivity contribution in [3.63, 3.8) is 0 Å². The summed E-state index contributed by atoms with van der Waals surface area (Å²) in [6.45, 7) is 4.60. The minimum Gasteiger partial charge on any atom is -0.343 e. The summed E-state index contributed by atoms with van der Waals surface area (Å²) >= 11 is 0. The number of carbonyl (C=O) groups excluding carboxylic acids is 1. The van der Waals surface area contributed by atoms with E-state index in [1.54, 1.807) is 22.8 Å². The molecule has 8 heteroatoms. The van der Waals surface area contributed by atoms with Gasteiger partial charge in [-0.1, -0.05) is 24.3 Å². The summed E-state index contributed by atoms with van der Waals surface area (Å²) in [6.07, 6.45) is 3.61. The van der Waals surface area contributed by atoms with Crippen LogP contribution in [0.15, 0.2) is 53.5 Å². The molecule has 0 spiro atoms. The molecule has 2 N–H and O–H groups in total. The van der Waals surface area contributed by atoms with Crippen molar-refractivity contribution >= 4 is 11.4 Å². The molecule has 1 unspecified atom stereocenters. The highest BCUT2D eigenvalue weighted by molar-refractivity contribution is 5.96. The number of hydrogen-bond donors (Lipinski definition) is 2. The first-order valence-electron chi connectivity index (χ1n) is 12.2. The molecule has 5 rings (SSSR count). The van der Waals surface area contributed by atoms with Crippen molar-refractivity contribution in [3.05, 3.63) is 92.8 Å². The van der Waals surface area contributed by atoms with E-state index in [1.807, 2.05) is 51.0 Å². The van der Waals surface area contributed by atoms with Gasteiger partial charge in [-0.15, -0.1) is 0 Å². The summed E-state index contributed by atoms with van der Waals surface area (Å²) < 4.78 is 15.0. The van der Waals surface area contributed by atoms with E-state index in [0.29, 0.717) is 23.3 Å². The summed E-state index contributed by atoms with van der Waals surface area (Å²) in [5, 5.41) is 7.68. The first-order valence-corrected chi connectivity index (χ1v) is 12.2. The molecule has 1 aliphatic carbocycles. The van der Waals surface area contributed by atoms with Crippen molar-refractivity contribution in [2.75, 3.05) is 20.6 Å². The van der Waals surface area contributed by atoms with Gasteiger partial charge in [0.2, 0.25) is 0 Å². The number of halogens is 1. The number of aromatic amines is 1. The lowest BCUT2D eigenvalue weighted by molar-refractivity contribution is 0.0923. The average Bonchev–Trinajstić information content (AvgIpc) is 3.59. The van der Waals surface area contributed by atoms with Crippen LogP contribution in [0.5, 0.6) is 0 Å². The van der Waals surface area contributed by atoms with Gasteiger partial charge in [-0.25, -0.2) is 8.91 Å². The van der Waals surface area contributed by atoms with Crippen molar-refractivity contribution < 1.29 is 9.18 Å². The van der Waals surface area contributed by atoms with Gasteiger partial charge in [0.1, 0.15) is 11.3 Å². The van der Waals surface area contributed by atoms with Crippen molar-refractivity contribution in [3.8, 4) is 11.3 Å². The predicted molar refractivity (Wildman–Crippen MR) is 138 cm³/mol. The maximum atomic E-state index is 13.6. The van der Waals surface area contributed by atoms with Gasteiger partial charge in [-0.3, -0.25) is 9.59 Å². The molecule has 1 atom stereocenters.